The van der Waals surface area contributed by atoms with Gasteiger partial charge >= 0.3 is 5.97 Å². The van der Waals surface area contributed by atoms with Crippen molar-refractivity contribution in [3.63, 3.8) is 0 Å². The van der Waals surface area contributed by atoms with E-state index in [9.17, 15) is 14.9 Å². The average molecular weight is 530 g/mol. The molecule has 2 heterocycles. The number of ether oxygens (including phenoxy) is 2. The van der Waals surface area contributed by atoms with Gasteiger partial charge in [0.25, 0.3) is 0 Å². The van der Waals surface area contributed by atoms with E-state index in [0.29, 0.717) is 34.5 Å². The third kappa shape index (κ3) is 5.93. The maximum atomic E-state index is 13.2. The molecule has 1 aliphatic heterocycles. The van der Waals surface area contributed by atoms with Crippen molar-refractivity contribution in [1.82, 2.24) is 5.32 Å². The van der Waals surface area contributed by atoms with E-state index in [1.54, 1.807) is 31.2 Å². The first-order valence-electron chi connectivity index (χ1n) is 12.1. The molecule has 0 fully saturated rings. The fraction of sp³-hybridized carbons (Fsp3) is 0.207. The number of benzene rings is 2. The summed E-state index contributed by atoms with van der Waals surface area (Å²) in [5.74, 6) is -0.628. The summed E-state index contributed by atoms with van der Waals surface area (Å²) >= 11 is 1.17. The van der Waals surface area contributed by atoms with E-state index in [1.165, 1.54) is 18.0 Å². The molecular weight excluding hydrogens is 502 g/mol. The summed E-state index contributed by atoms with van der Waals surface area (Å²) in [4.78, 5) is 26.1. The number of carbonyl (C=O) groups is 2. The summed E-state index contributed by atoms with van der Waals surface area (Å²) in [6.45, 7) is 4.24. The first-order chi connectivity index (χ1) is 18.6. The van der Waals surface area contributed by atoms with Crippen LogP contribution in [0.15, 0.2) is 93.6 Å². The molecule has 3 aromatic rings. The van der Waals surface area contributed by atoms with Gasteiger partial charge in [0.2, 0.25) is 5.91 Å². The molecule has 1 aliphatic rings. The van der Waals surface area contributed by atoms with E-state index in [2.05, 4.69) is 16.7 Å². The van der Waals surface area contributed by atoms with Gasteiger partial charge in [-0.15, -0.1) is 0 Å². The SMILES string of the molecule is CCOC(=O)C1=C(c2ccccc2)NC(SCC(=O)Nc2ccccc2OCC)=C(C#N)[C@H]1c1ccco1. The highest BCUT2D eigenvalue weighted by atomic mass is 32.2. The van der Waals surface area contributed by atoms with Crippen molar-refractivity contribution in [1.29, 1.82) is 5.26 Å². The van der Waals surface area contributed by atoms with E-state index in [-0.39, 0.29) is 29.4 Å². The molecule has 0 bridgehead atoms. The number of anilines is 1. The van der Waals surface area contributed by atoms with Crippen LogP contribution in [0.2, 0.25) is 0 Å². The Kier molecular flexibility index (Phi) is 8.90. The summed E-state index contributed by atoms with van der Waals surface area (Å²) in [6, 6.07) is 22.1. The van der Waals surface area contributed by atoms with Crippen molar-refractivity contribution in [2.24, 2.45) is 0 Å². The lowest BCUT2D eigenvalue weighted by Crippen LogP contribution is -2.29. The highest BCUT2D eigenvalue weighted by Crippen LogP contribution is 2.43. The van der Waals surface area contributed by atoms with Crippen molar-refractivity contribution < 1.29 is 23.5 Å². The number of esters is 1. The number of nitrogens with zero attached hydrogens (tertiary/aromatic N) is 1. The molecular formula is C29H27N3O5S. The van der Waals surface area contributed by atoms with Gasteiger partial charge < -0.3 is 24.5 Å². The Labute approximate surface area is 225 Å². The number of dihydropyridines is 1. The van der Waals surface area contributed by atoms with Crippen LogP contribution in [-0.4, -0.2) is 30.8 Å². The summed E-state index contributed by atoms with van der Waals surface area (Å²) < 4.78 is 16.7. The highest BCUT2D eigenvalue weighted by Gasteiger charge is 2.39. The van der Waals surface area contributed by atoms with Crippen LogP contribution >= 0.6 is 11.8 Å². The predicted molar refractivity (Wildman–Crippen MR) is 146 cm³/mol. The molecule has 0 unspecified atom stereocenters. The van der Waals surface area contributed by atoms with Crippen LogP contribution in [0.1, 0.15) is 31.1 Å². The molecule has 194 valence electrons. The first-order valence-corrected chi connectivity index (χ1v) is 13.1. The summed E-state index contributed by atoms with van der Waals surface area (Å²) in [5.41, 5.74) is 2.32. The summed E-state index contributed by atoms with van der Waals surface area (Å²) in [5, 5.41) is 16.8. The van der Waals surface area contributed by atoms with Crippen LogP contribution in [0.25, 0.3) is 5.70 Å². The fourth-order valence-electron chi connectivity index (χ4n) is 4.07. The van der Waals surface area contributed by atoms with Gasteiger partial charge in [-0.3, -0.25) is 4.79 Å². The van der Waals surface area contributed by atoms with E-state index in [4.69, 9.17) is 13.9 Å². The van der Waals surface area contributed by atoms with E-state index < -0.39 is 11.9 Å². The van der Waals surface area contributed by atoms with Crippen LogP contribution in [0.5, 0.6) is 5.75 Å². The lowest BCUT2D eigenvalue weighted by molar-refractivity contribution is -0.138. The second-order valence-electron chi connectivity index (χ2n) is 8.07. The number of amides is 1. The summed E-state index contributed by atoms with van der Waals surface area (Å²) in [7, 11) is 0. The zero-order valence-electron chi connectivity index (χ0n) is 21.0. The third-order valence-corrected chi connectivity index (χ3v) is 6.66. The van der Waals surface area contributed by atoms with Gasteiger partial charge in [-0.25, -0.2) is 4.79 Å². The zero-order chi connectivity index (χ0) is 26.9. The van der Waals surface area contributed by atoms with E-state index in [0.717, 1.165) is 5.56 Å². The molecule has 1 atom stereocenters. The van der Waals surface area contributed by atoms with Crippen molar-refractivity contribution in [3.8, 4) is 11.8 Å². The second-order valence-corrected chi connectivity index (χ2v) is 9.05. The van der Waals surface area contributed by atoms with Crippen molar-refractivity contribution in [3.05, 3.63) is 100 Å². The second kappa shape index (κ2) is 12.7. The Morgan fingerprint density at radius 2 is 1.82 bits per heavy atom. The van der Waals surface area contributed by atoms with Gasteiger partial charge in [0.1, 0.15) is 11.5 Å². The van der Waals surface area contributed by atoms with Gasteiger partial charge in [-0.05, 0) is 43.7 Å². The van der Waals surface area contributed by atoms with Crippen LogP contribution in [0.4, 0.5) is 5.69 Å². The molecule has 1 aromatic heterocycles. The van der Waals surface area contributed by atoms with Crippen LogP contribution in [-0.2, 0) is 14.3 Å². The van der Waals surface area contributed by atoms with Crippen molar-refractivity contribution in [2.45, 2.75) is 19.8 Å². The molecule has 0 saturated carbocycles. The molecule has 4 rings (SSSR count). The largest absolute Gasteiger partial charge is 0.492 e. The molecule has 38 heavy (non-hydrogen) atoms. The predicted octanol–water partition coefficient (Wildman–Crippen LogP) is 5.45. The molecule has 0 spiro atoms. The Morgan fingerprint density at radius 3 is 2.50 bits per heavy atom. The molecule has 0 saturated heterocycles. The minimum atomic E-state index is -0.810. The number of furan rings is 1. The maximum Gasteiger partial charge on any atom is 0.337 e. The minimum Gasteiger partial charge on any atom is -0.492 e. The molecule has 2 aromatic carbocycles. The maximum absolute atomic E-state index is 13.2. The minimum absolute atomic E-state index is 0.00958. The highest BCUT2D eigenvalue weighted by molar-refractivity contribution is 8.03. The van der Waals surface area contributed by atoms with E-state index in [1.807, 2.05) is 49.4 Å². The van der Waals surface area contributed by atoms with Gasteiger partial charge in [0.05, 0.1) is 64.8 Å². The van der Waals surface area contributed by atoms with Crippen LogP contribution in [0, 0.1) is 11.3 Å². The number of carbonyl (C=O) groups excluding carboxylic acids is 2. The van der Waals surface area contributed by atoms with Gasteiger partial charge in [-0.2, -0.15) is 5.26 Å². The quantitative estimate of drug-likeness (QED) is 0.334. The van der Waals surface area contributed by atoms with Gasteiger partial charge in [0, 0.05) is 0 Å². The third-order valence-electron chi connectivity index (χ3n) is 5.64. The Morgan fingerprint density at radius 1 is 1.05 bits per heavy atom. The monoisotopic (exact) mass is 529 g/mol. The normalized spacial score (nSPS) is 14.9. The molecule has 8 nitrogen and oxygen atoms in total. The van der Waals surface area contributed by atoms with Crippen molar-refractivity contribution >= 4 is 35.0 Å². The number of hydrogen-bond donors (Lipinski definition) is 2. The van der Waals surface area contributed by atoms with Gasteiger partial charge in [0.15, 0.2) is 0 Å². The number of hydrogen-bond acceptors (Lipinski definition) is 8. The molecule has 9 heteroatoms. The number of nitrogens with one attached hydrogen (secondary N) is 2. The smallest absolute Gasteiger partial charge is 0.337 e. The number of allylic oxidation sites excluding steroid dienone is 1. The molecule has 0 radical (unpaired) electrons. The molecule has 1 amide bonds. The van der Waals surface area contributed by atoms with Crippen LogP contribution < -0.4 is 15.4 Å². The number of thioether (sulfide) groups is 1. The Bertz CT molecular complexity index is 1390. The van der Waals surface area contributed by atoms with Gasteiger partial charge in [-0.1, -0.05) is 54.2 Å². The molecule has 2 N–H and O–H groups in total. The topological polar surface area (TPSA) is 114 Å². The fourth-order valence-corrected chi connectivity index (χ4v) is 4.91. The lowest BCUT2D eigenvalue weighted by atomic mass is 9.84. The van der Waals surface area contributed by atoms with Crippen molar-refractivity contribution in [2.75, 3.05) is 24.3 Å². The Balaban J connectivity index is 1.69. The number of nitriles is 1. The summed E-state index contributed by atoms with van der Waals surface area (Å²) in [6.07, 6.45) is 1.49. The molecule has 0 aliphatic carbocycles. The standard InChI is InChI=1S/C29H27N3O5S/c1-3-35-22-14-9-8-13-21(22)31-24(33)18-38-28-20(17-30)25(23-15-10-16-37-23)26(29(34)36-4-2)27(32-28)19-11-6-5-7-12-19/h5-16,25,32H,3-4,18H2,1-2H3,(H,31,33)/t25-/m0/s1. The Hall–Kier alpha value is -4.42. The lowest BCUT2D eigenvalue weighted by Gasteiger charge is -2.29. The zero-order valence-corrected chi connectivity index (χ0v) is 21.8. The number of rotatable bonds is 10. The van der Waals surface area contributed by atoms with E-state index >= 15 is 0 Å². The first kappa shape index (κ1) is 26.6. The number of para-hydroxylation sites is 2. The average Bonchev–Trinajstić information content (AvgIpc) is 3.47. The van der Waals surface area contributed by atoms with Crippen LogP contribution in [0.3, 0.4) is 0 Å².